The van der Waals surface area contributed by atoms with Gasteiger partial charge in [-0.05, 0) is 38.6 Å². The van der Waals surface area contributed by atoms with Gasteiger partial charge >= 0.3 is 5.97 Å². The molecule has 0 amide bonds. The molecule has 108 valence electrons. The zero-order chi connectivity index (χ0) is 13.8. The number of carbonyl (C=O) groups excluding carboxylic acids is 1. The summed E-state index contributed by atoms with van der Waals surface area (Å²) in [7, 11) is 0. The first-order valence-corrected chi connectivity index (χ1v) is 7.09. The second-order valence-electron chi connectivity index (χ2n) is 4.87. The zero-order valence-electron chi connectivity index (χ0n) is 12.3. The molecule has 0 rings (SSSR count). The first kappa shape index (κ1) is 17.4. The van der Waals surface area contributed by atoms with Gasteiger partial charge in [-0.15, -0.1) is 0 Å². The maximum atomic E-state index is 11.7. The van der Waals surface area contributed by atoms with Crippen molar-refractivity contribution in [3.05, 3.63) is 0 Å². The molecule has 1 N–H and O–H groups in total. The van der Waals surface area contributed by atoms with E-state index in [1.165, 1.54) is 0 Å². The molecule has 0 aromatic carbocycles. The van der Waals surface area contributed by atoms with Crippen LogP contribution in [-0.2, 0) is 14.3 Å². The zero-order valence-corrected chi connectivity index (χ0v) is 12.3. The number of rotatable bonds is 11. The van der Waals surface area contributed by atoms with E-state index in [2.05, 4.69) is 26.1 Å². The molecule has 0 spiro atoms. The molecule has 0 aliphatic heterocycles. The standard InChI is InChI=1S/C14H29NO3/c1-5-9-15-13(14(16)18-6-2)11-17-10-7-8-12(3)4/h12-13,15H,5-11H2,1-4H3. The van der Waals surface area contributed by atoms with E-state index >= 15 is 0 Å². The van der Waals surface area contributed by atoms with Gasteiger partial charge in [0.05, 0.1) is 13.2 Å². The summed E-state index contributed by atoms with van der Waals surface area (Å²) in [6.45, 7) is 10.6. The van der Waals surface area contributed by atoms with Crippen LogP contribution in [-0.4, -0.2) is 38.4 Å². The quantitative estimate of drug-likeness (QED) is 0.457. The van der Waals surface area contributed by atoms with Crippen molar-refractivity contribution >= 4 is 5.97 Å². The Kier molecular flexibility index (Phi) is 11.1. The average Bonchev–Trinajstić information content (AvgIpc) is 2.32. The van der Waals surface area contributed by atoms with E-state index in [-0.39, 0.29) is 12.0 Å². The first-order chi connectivity index (χ1) is 8.61. The largest absolute Gasteiger partial charge is 0.465 e. The number of ether oxygens (including phenoxy) is 2. The minimum absolute atomic E-state index is 0.213. The fraction of sp³-hybridized carbons (Fsp3) is 0.929. The van der Waals surface area contributed by atoms with Gasteiger partial charge in [-0.3, -0.25) is 4.79 Å². The SMILES string of the molecule is CCCNC(COCCCC(C)C)C(=O)OCC. The Labute approximate surface area is 111 Å². The third kappa shape index (κ3) is 9.42. The molecule has 0 aliphatic carbocycles. The third-order valence-corrected chi connectivity index (χ3v) is 2.57. The van der Waals surface area contributed by atoms with Crippen molar-refractivity contribution in [2.75, 3.05) is 26.4 Å². The van der Waals surface area contributed by atoms with Gasteiger partial charge < -0.3 is 14.8 Å². The molecular formula is C14H29NO3. The van der Waals surface area contributed by atoms with Crippen molar-refractivity contribution in [2.24, 2.45) is 5.92 Å². The van der Waals surface area contributed by atoms with Crippen molar-refractivity contribution < 1.29 is 14.3 Å². The molecule has 0 fully saturated rings. The summed E-state index contributed by atoms with van der Waals surface area (Å²) in [6, 6.07) is -0.330. The van der Waals surface area contributed by atoms with E-state index in [1.807, 2.05) is 6.92 Å². The lowest BCUT2D eigenvalue weighted by atomic mass is 10.1. The molecule has 18 heavy (non-hydrogen) atoms. The summed E-state index contributed by atoms with van der Waals surface area (Å²) in [4.78, 5) is 11.7. The highest BCUT2D eigenvalue weighted by Gasteiger charge is 2.18. The van der Waals surface area contributed by atoms with Gasteiger partial charge in [0, 0.05) is 6.61 Å². The lowest BCUT2D eigenvalue weighted by molar-refractivity contribution is -0.147. The Hall–Kier alpha value is -0.610. The number of carbonyl (C=O) groups is 1. The molecule has 0 heterocycles. The number of hydrogen-bond donors (Lipinski definition) is 1. The first-order valence-electron chi connectivity index (χ1n) is 7.09. The lowest BCUT2D eigenvalue weighted by Gasteiger charge is -2.17. The molecule has 0 aromatic heterocycles. The Bertz CT molecular complexity index is 207. The van der Waals surface area contributed by atoms with Gasteiger partial charge in [-0.25, -0.2) is 0 Å². The molecule has 1 atom stereocenters. The molecule has 0 saturated carbocycles. The number of nitrogens with one attached hydrogen (secondary N) is 1. The van der Waals surface area contributed by atoms with E-state index in [9.17, 15) is 4.79 Å². The van der Waals surface area contributed by atoms with Gasteiger partial charge in [-0.1, -0.05) is 20.8 Å². The van der Waals surface area contributed by atoms with Crippen LogP contribution in [0.2, 0.25) is 0 Å². The molecular weight excluding hydrogens is 230 g/mol. The van der Waals surface area contributed by atoms with Crippen molar-refractivity contribution in [3.8, 4) is 0 Å². The Morgan fingerprint density at radius 3 is 2.56 bits per heavy atom. The van der Waals surface area contributed by atoms with Gasteiger partial charge in [0.2, 0.25) is 0 Å². The second-order valence-corrected chi connectivity index (χ2v) is 4.87. The molecule has 0 radical (unpaired) electrons. The molecule has 1 unspecified atom stereocenters. The molecule has 4 heteroatoms. The lowest BCUT2D eigenvalue weighted by Crippen LogP contribution is -2.42. The van der Waals surface area contributed by atoms with Crippen molar-refractivity contribution in [1.82, 2.24) is 5.32 Å². The fourth-order valence-electron chi connectivity index (χ4n) is 1.57. The van der Waals surface area contributed by atoms with E-state index < -0.39 is 0 Å². The fourth-order valence-corrected chi connectivity index (χ4v) is 1.57. The van der Waals surface area contributed by atoms with Gasteiger partial charge in [0.15, 0.2) is 0 Å². The highest BCUT2D eigenvalue weighted by Crippen LogP contribution is 2.03. The van der Waals surface area contributed by atoms with Crippen LogP contribution in [0.15, 0.2) is 0 Å². The topological polar surface area (TPSA) is 47.6 Å². The Balaban J connectivity index is 3.82. The molecule has 4 nitrogen and oxygen atoms in total. The summed E-state index contributed by atoms with van der Waals surface area (Å²) in [6.07, 6.45) is 3.19. The predicted molar refractivity (Wildman–Crippen MR) is 73.6 cm³/mol. The highest BCUT2D eigenvalue weighted by atomic mass is 16.5. The highest BCUT2D eigenvalue weighted by molar-refractivity contribution is 5.75. The Morgan fingerprint density at radius 2 is 2.00 bits per heavy atom. The van der Waals surface area contributed by atoms with E-state index in [0.717, 1.165) is 25.8 Å². The van der Waals surface area contributed by atoms with Crippen molar-refractivity contribution in [1.29, 1.82) is 0 Å². The summed E-state index contributed by atoms with van der Waals surface area (Å²) in [5, 5.41) is 3.15. The smallest absolute Gasteiger partial charge is 0.325 e. The normalized spacial score (nSPS) is 12.7. The minimum atomic E-state index is -0.330. The maximum absolute atomic E-state index is 11.7. The maximum Gasteiger partial charge on any atom is 0.325 e. The molecule has 0 aromatic rings. The molecule has 0 bridgehead atoms. The van der Waals surface area contributed by atoms with Crippen LogP contribution in [0.25, 0.3) is 0 Å². The average molecular weight is 259 g/mol. The predicted octanol–water partition coefficient (Wildman–Crippen LogP) is 2.37. The van der Waals surface area contributed by atoms with Gasteiger partial charge in [0.25, 0.3) is 0 Å². The van der Waals surface area contributed by atoms with Crippen LogP contribution < -0.4 is 5.32 Å². The van der Waals surface area contributed by atoms with Crippen LogP contribution in [0, 0.1) is 5.92 Å². The number of hydrogen-bond acceptors (Lipinski definition) is 4. The van der Waals surface area contributed by atoms with Gasteiger partial charge in [-0.2, -0.15) is 0 Å². The van der Waals surface area contributed by atoms with Crippen LogP contribution in [0.5, 0.6) is 0 Å². The summed E-state index contributed by atoms with van der Waals surface area (Å²) >= 11 is 0. The van der Waals surface area contributed by atoms with Crippen LogP contribution >= 0.6 is 0 Å². The van der Waals surface area contributed by atoms with E-state index in [4.69, 9.17) is 9.47 Å². The van der Waals surface area contributed by atoms with Crippen molar-refractivity contribution in [3.63, 3.8) is 0 Å². The van der Waals surface area contributed by atoms with Crippen molar-refractivity contribution in [2.45, 2.75) is 53.0 Å². The number of esters is 1. The summed E-state index contributed by atoms with van der Waals surface area (Å²) in [5.41, 5.74) is 0. The molecule has 0 saturated heterocycles. The van der Waals surface area contributed by atoms with E-state index in [1.54, 1.807) is 0 Å². The van der Waals surface area contributed by atoms with Crippen LogP contribution in [0.4, 0.5) is 0 Å². The van der Waals surface area contributed by atoms with Gasteiger partial charge in [0.1, 0.15) is 6.04 Å². The van der Waals surface area contributed by atoms with Crippen LogP contribution in [0.3, 0.4) is 0 Å². The second kappa shape index (κ2) is 11.5. The summed E-state index contributed by atoms with van der Waals surface area (Å²) in [5.74, 6) is 0.488. The monoisotopic (exact) mass is 259 g/mol. The van der Waals surface area contributed by atoms with E-state index in [0.29, 0.717) is 25.7 Å². The minimum Gasteiger partial charge on any atom is -0.465 e. The summed E-state index contributed by atoms with van der Waals surface area (Å²) < 4.78 is 10.6. The molecule has 0 aliphatic rings. The Morgan fingerprint density at radius 1 is 1.28 bits per heavy atom. The third-order valence-electron chi connectivity index (χ3n) is 2.57. The van der Waals surface area contributed by atoms with Crippen LogP contribution in [0.1, 0.15) is 47.0 Å².